The van der Waals surface area contributed by atoms with Crippen LogP contribution in [0.15, 0.2) is 54.6 Å². The highest BCUT2D eigenvalue weighted by atomic mass is 35.5. The van der Waals surface area contributed by atoms with E-state index in [2.05, 4.69) is 10.4 Å². The highest BCUT2D eigenvalue weighted by Crippen LogP contribution is 2.43. The lowest BCUT2D eigenvalue weighted by atomic mass is 9.78. The van der Waals surface area contributed by atoms with E-state index in [0.29, 0.717) is 22.3 Å². The third-order valence-corrected chi connectivity index (χ3v) is 7.65. The first-order chi connectivity index (χ1) is 14.6. The summed E-state index contributed by atoms with van der Waals surface area (Å²) < 4.78 is 13.9. The molecule has 1 aliphatic carbocycles. The molecule has 1 aromatic heterocycles. The minimum Gasteiger partial charge on any atom is -0.310 e. The minimum atomic E-state index is -0.971. The zero-order valence-corrected chi connectivity index (χ0v) is 18.0. The van der Waals surface area contributed by atoms with Gasteiger partial charge in [-0.3, -0.25) is 9.00 Å². The van der Waals surface area contributed by atoms with Crippen LogP contribution in [0.1, 0.15) is 42.5 Å². The smallest absolute Gasteiger partial charge is 0.236 e. The van der Waals surface area contributed by atoms with Gasteiger partial charge in [0.25, 0.3) is 0 Å². The summed E-state index contributed by atoms with van der Waals surface area (Å²) in [5.41, 5.74) is 2.98. The first-order valence-corrected chi connectivity index (χ1v) is 12.0. The summed E-state index contributed by atoms with van der Waals surface area (Å²) in [6, 6.07) is 17.4. The molecule has 1 amide bonds. The van der Waals surface area contributed by atoms with E-state index in [0.717, 1.165) is 48.2 Å². The number of hydrogen-bond acceptors (Lipinski definition) is 3. The molecule has 0 spiro atoms. The third kappa shape index (κ3) is 3.28. The molecule has 3 aromatic rings. The molecule has 2 heterocycles. The Morgan fingerprint density at radius 3 is 2.43 bits per heavy atom. The number of benzene rings is 2. The van der Waals surface area contributed by atoms with Crippen molar-refractivity contribution in [3.8, 4) is 5.69 Å². The zero-order valence-electron chi connectivity index (χ0n) is 16.4. The van der Waals surface area contributed by atoms with Crippen molar-refractivity contribution in [1.82, 2.24) is 9.78 Å². The molecule has 5 nitrogen and oxygen atoms in total. The number of para-hydroxylation sites is 1. The van der Waals surface area contributed by atoms with Crippen LogP contribution in [-0.2, 0) is 32.5 Å². The number of aromatic nitrogens is 2. The molecule has 1 fully saturated rings. The highest BCUT2D eigenvalue weighted by molar-refractivity contribution is 7.83. The standard InChI is InChI=1S/C23H22ClN3O2S/c24-17-10-8-16(9-11-17)23(12-4-5-13-23)22(28)25-21-19-14-30(29)15-20(19)26-27(21)18-6-2-1-3-7-18/h1-3,6-11H,4-5,12-15H2,(H,25,28)/t30-/m1/s1. The maximum absolute atomic E-state index is 13.7. The van der Waals surface area contributed by atoms with Crippen LogP contribution in [0, 0.1) is 0 Å². The number of rotatable bonds is 4. The van der Waals surface area contributed by atoms with E-state index >= 15 is 0 Å². The monoisotopic (exact) mass is 439 g/mol. The molecule has 0 saturated heterocycles. The van der Waals surface area contributed by atoms with Gasteiger partial charge < -0.3 is 5.32 Å². The lowest BCUT2D eigenvalue weighted by Crippen LogP contribution is -2.38. The van der Waals surface area contributed by atoms with Gasteiger partial charge in [0.2, 0.25) is 5.91 Å². The summed E-state index contributed by atoms with van der Waals surface area (Å²) in [6.07, 6.45) is 3.62. The van der Waals surface area contributed by atoms with Crippen LogP contribution < -0.4 is 5.32 Å². The summed E-state index contributed by atoms with van der Waals surface area (Å²) in [7, 11) is -0.971. The largest absolute Gasteiger partial charge is 0.310 e. The van der Waals surface area contributed by atoms with Crippen molar-refractivity contribution in [2.45, 2.75) is 42.6 Å². The quantitative estimate of drug-likeness (QED) is 0.638. The van der Waals surface area contributed by atoms with Gasteiger partial charge in [0.1, 0.15) is 5.82 Å². The molecular formula is C23H22ClN3O2S. The van der Waals surface area contributed by atoms with E-state index in [1.54, 1.807) is 4.68 Å². The fourth-order valence-electron chi connectivity index (χ4n) is 4.63. The van der Waals surface area contributed by atoms with Gasteiger partial charge in [-0.15, -0.1) is 0 Å². The molecule has 5 rings (SSSR count). The van der Waals surface area contributed by atoms with E-state index < -0.39 is 16.2 Å². The maximum Gasteiger partial charge on any atom is 0.236 e. The Morgan fingerprint density at radius 1 is 1.03 bits per heavy atom. The zero-order chi connectivity index (χ0) is 20.7. The molecule has 154 valence electrons. The van der Waals surface area contributed by atoms with Crippen molar-refractivity contribution in [3.63, 3.8) is 0 Å². The summed E-state index contributed by atoms with van der Waals surface area (Å²) in [4.78, 5) is 13.7. The van der Waals surface area contributed by atoms with Gasteiger partial charge in [-0.25, -0.2) is 4.68 Å². The number of carbonyl (C=O) groups excluding carboxylic acids is 1. The number of hydrogen-bond donors (Lipinski definition) is 1. The topological polar surface area (TPSA) is 64.0 Å². The molecule has 1 aliphatic heterocycles. The molecule has 0 unspecified atom stereocenters. The van der Waals surface area contributed by atoms with Crippen LogP contribution in [0.2, 0.25) is 5.02 Å². The fourth-order valence-corrected chi connectivity index (χ4v) is 6.02. The molecule has 0 radical (unpaired) electrons. The second kappa shape index (κ2) is 7.67. The van der Waals surface area contributed by atoms with Crippen molar-refractivity contribution in [3.05, 3.63) is 76.4 Å². The van der Waals surface area contributed by atoms with Gasteiger partial charge in [-0.1, -0.05) is 54.8 Å². The van der Waals surface area contributed by atoms with Crippen LogP contribution in [0.5, 0.6) is 0 Å². The number of carbonyl (C=O) groups is 1. The second-order valence-corrected chi connectivity index (χ2v) is 9.89. The predicted octanol–water partition coefficient (Wildman–Crippen LogP) is 4.74. The summed E-state index contributed by atoms with van der Waals surface area (Å²) >= 11 is 6.08. The van der Waals surface area contributed by atoms with Crippen molar-refractivity contribution < 1.29 is 9.00 Å². The highest BCUT2D eigenvalue weighted by Gasteiger charge is 2.43. The van der Waals surface area contributed by atoms with Crippen molar-refractivity contribution >= 4 is 34.1 Å². The number of nitrogens with zero attached hydrogens (tertiary/aromatic N) is 2. The van der Waals surface area contributed by atoms with Gasteiger partial charge >= 0.3 is 0 Å². The van der Waals surface area contributed by atoms with Crippen molar-refractivity contribution in [1.29, 1.82) is 0 Å². The Balaban J connectivity index is 1.56. The van der Waals surface area contributed by atoms with E-state index in [9.17, 15) is 9.00 Å². The van der Waals surface area contributed by atoms with Gasteiger partial charge in [-0.05, 0) is 42.7 Å². The number of anilines is 1. The number of halogens is 1. The molecule has 1 saturated carbocycles. The van der Waals surface area contributed by atoms with Crippen molar-refractivity contribution in [2.24, 2.45) is 0 Å². The first kappa shape index (κ1) is 19.5. The van der Waals surface area contributed by atoms with Gasteiger partial charge in [0.05, 0.1) is 28.3 Å². The van der Waals surface area contributed by atoms with E-state index in [1.165, 1.54) is 0 Å². The third-order valence-electron chi connectivity index (χ3n) is 6.19. The van der Waals surface area contributed by atoms with Gasteiger partial charge in [-0.2, -0.15) is 5.10 Å². The SMILES string of the molecule is O=C(Nc1c2c(nn1-c1ccccc1)C[S@](=O)C2)C1(c2ccc(Cl)cc2)CCCC1. The van der Waals surface area contributed by atoms with E-state index in [-0.39, 0.29) is 5.91 Å². The molecule has 1 atom stereocenters. The molecule has 2 aliphatic rings. The Labute approximate surface area is 182 Å². The molecular weight excluding hydrogens is 418 g/mol. The molecule has 1 N–H and O–H groups in total. The van der Waals surface area contributed by atoms with Crippen LogP contribution in [-0.4, -0.2) is 19.9 Å². The molecule has 30 heavy (non-hydrogen) atoms. The van der Waals surface area contributed by atoms with Crippen molar-refractivity contribution in [2.75, 3.05) is 5.32 Å². The summed E-state index contributed by atoms with van der Waals surface area (Å²) in [5.74, 6) is 1.47. The lowest BCUT2D eigenvalue weighted by molar-refractivity contribution is -0.121. The van der Waals surface area contributed by atoms with Crippen LogP contribution in [0.3, 0.4) is 0 Å². The van der Waals surface area contributed by atoms with Gasteiger partial charge in [0.15, 0.2) is 0 Å². The predicted molar refractivity (Wildman–Crippen MR) is 119 cm³/mol. The average molecular weight is 440 g/mol. The van der Waals surface area contributed by atoms with E-state index in [1.807, 2.05) is 54.6 Å². The molecule has 2 aromatic carbocycles. The van der Waals surface area contributed by atoms with Crippen LogP contribution in [0.4, 0.5) is 5.82 Å². The maximum atomic E-state index is 13.7. The second-order valence-electron chi connectivity index (χ2n) is 8.00. The summed E-state index contributed by atoms with van der Waals surface area (Å²) in [5, 5.41) is 8.55. The Hall–Kier alpha value is -2.44. The van der Waals surface area contributed by atoms with Crippen LogP contribution >= 0.6 is 11.6 Å². The normalized spacial score (nSPS) is 19.6. The number of fused-ring (bicyclic) bond motifs is 1. The number of nitrogens with one attached hydrogen (secondary N) is 1. The van der Waals surface area contributed by atoms with Crippen LogP contribution in [0.25, 0.3) is 5.69 Å². The minimum absolute atomic E-state index is 0.0279. The summed E-state index contributed by atoms with van der Waals surface area (Å²) in [6.45, 7) is 0. The fraction of sp³-hybridized carbons (Fsp3) is 0.304. The molecule has 0 bridgehead atoms. The van der Waals surface area contributed by atoms with E-state index in [4.69, 9.17) is 11.6 Å². The molecule has 7 heteroatoms. The lowest BCUT2D eigenvalue weighted by Gasteiger charge is -2.28. The Morgan fingerprint density at radius 2 is 1.73 bits per heavy atom. The Kier molecular flexibility index (Phi) is 4.99. The first-order valence-electron chi connectivity index (χ1n) is 10.2. The Bertz CT molecular complexity index is 1120. The van der Waals surface area contributed by atoms with Gasteiger partial charge in [0, 0.05) is 21.4 Å². The average Bonchev–Trinajstić information content (AvgIpc) is 3.46. The number of amides is 1.